The number of aliphatic hydroxyl groups excluding tert-OH is 1. The van der Waals surface area contributed by atoms with E-state index in [0.29, 0.717) is 21.6 Å². The average Bonchev–Trinajstić information content (AvgIpc) is 3.22. The van der Waals surface area contributed by atoms with Crippen LogP contribution in [0.25, 0.3) is 17.0 Å². The minimum atomic E-state index is -3.95. The number of halogens is 1. The number of ether oxygens (including phenoxy) is 2. The van der Waals surface area contributed by atoms with Crippen molar-refractivity contribution in [2.75, 3.05) is 13.7 Å². The predicted octanol–water partition coefficient (Wildman–Crippen LogP) is 5.54. The molecule has 3 atom stereocenters. The van der Waals surface area contributed by atoms with Crippen LogP contribution in [0.4, 0.5) is 0 Å². The Morgan fingerprint density at radius 3 is 2.57 bits per heavy atom. The van der Waals surface area contributed by atoms with Crippen LogP contribution in [-0.4, -0.2) is 43.4 Å². The molecule has 5 rings (SSSR count). The van der Waals surface area contributed by atoms with E-state index in [0.717, 1.165) is 16.7 Å². The third kappa shape index (κ3) is 4.85. The maximum atomic E-state index is 14.0. The zero-order chi connectivity index (χ0) is 26.2. The van der Waals surface area contributed by atoms with Crippen LogP contribution in [0.5, 0.6) is 0 Å². The molecule has 1 aliphatic rings. The van der Waals surface area contributed by atoms with Gasteiger partial charge in [0.05, 0.1) is 35.4 Å². The van der Waals surface area contributed by atoms with Crippen molar-refractivity contribution in [1.29, 1.82) is 0 Å². The van der Waals surface area contributed by atoms with Crippen LogP contribution in [0, 0.1) is 6.92 Å². The van der Waals surface area contributed by atoms with E-state index in [1.807, 2.05) is 49.4 Å². The van der Waals surface area contributed by atoms with E-state index in [1.54, 1.807) is 42.5 Å². The Kier molecular flexibility index (Phi) is 7.25. The quantitative estimate of drug-likeness (QED) is 0.335. The second-order valence-electron chi connectivity index (χ2n) is 9.20. The van der Waals surface area contributed by atoms with E-state index in [1.165, 1.54) is 11.1 Å². The monoisotopic (exact) mass is 537 g/mol. The molecule has 1 aromatic heterocycles. The van der Waals surface area contributed by atoms with Gasteiger partial charge in [0.2, 0.25) is 0 Å². The first-order valence-electron chi connectivity index (χ1n) is 12.0. The minimum absolute atomic E-state index is 0.00778. The summed E-state index contributed by atoms with van der Waals surface area (Å²) in [5.41, 5.74) is 3.74. The first-order valence-corrected chi connectivity index (χ1v) is 13.8. The van der Waals surface area contributed by atoms with Crippen LogP contribution in [-0.2, 0) is 26.1 Å². The summed E-state index contributed by atoms with van der Waals surface area (Å²) in [6.07, 6.45) is 2.35. The molecule has 0 saturated carbocycles. The van der Waals surface area contributed by atoms with E-state index >= 15 is 0 Å². The van der Waals surface area contributed by atoms with Crippen LogP contribution in [0.3, 0.4) is 0 Å². The summed E-state index contributed by atoms with van der Waals surface area (Å²) < 4.78 is 40.7. The molecule has 0 fully saturated rings. The summed E-state index contributed by atoms with van der Waals surface area (Å²) in [4.78, 5) is 0.186. The Morgan fingerprint density at radius 1 is 1.14 bits per heavy atom. The molecule has 8 heteroatoms. The molecule has 192 valence electrons. The Labute approximate surface area is 221 Å². The van der Waals surface area contributed by atoms with Crippen molar-refractivity contribution < 1.29 is 23.0 Å². The highest BCUT2D eigenvalue weighted by atomic mass is 35.5. The van der Waals surface area contributed by atoms with Crippen LogP contribution in [0.1, 0.15) is 28.3 Å². The molecule has 1 N–H and O–H groups in total. The molecule has 0 aliphatic carbocycles. The van der Waals surface area contributed by atoms with E-state index in [2.05, 4.69) is 0 Å². The number of hydrogen-bond acceptors (Lipinski definition) is 5. The smallest absolute Gasteiger partial charge is 0.268 e. The van der Waals surface area contributed by atoms with Crippen molar-refractivity contribution in [2.24, 2.45) is 0 Å². The van der Waals surface area contributed by atoms with Gasteiger partial charge in [-0.15, -0.1) is 0 Å². The third-order valence-electron chi connectivity index (χ3n) is 6.69. The minimum Gasteiger partial charge on any atom is -0.388 e. The number of rotatable bonds is 7. The lowest BCUT2D eigenvalue weighted by Gasteiger charge is -2.34. The molecule has 6 nitrogen and oxygen atoms in total. The van der Waals surface area contributed by atoms with Crippen molar-refractivity contribution in [2.45, 2.75) is 36.6 Å². The number of aryl methyl sites for hydroxylation is 1. The highest BCUT2D eigenvalue weighted by Crippen LogP contribution is 2.43. The van der Waals surface area contributed by atoms with Crippen LogP contribution < -0.4 is 0 Å². The molecule has 0 bridgehead atoms. The lowest BCUT2D eigenvalue weighted by Crippen LogP contribution is -2.40. The van der Waals surface area contributed by atoms with E-state index in [4.69, 9.17) is 21.1 Å². The van der Waals surface area contributed by atoms with E-state index in [9.17, 15) is 13.5 Å². The normalized spacial score (nSPS) is 18.8. The summed E-state index contributed by atoms with van der Waals surface area (Å²) in [6.45, 7) is 2.00. The molecule has 3 aromatic carbocycles. The van der Waals surface area contributed by atoms with Crippen molar-refractivity contribution in [3.63, 3.8) is 0 Å². The largest absolute Gasteiger partial charge is 0.388 e. The van der Waals surface area contributed by atoms with Gasteiger partial charge >= 0.3 is 0 Å². The first kappa shape index (κ1) is 25.7. The lowest BCUT2D eigenvalue weighted by molar-refractivity contribution is -0.0851. The first-order chi connectivity index (χ1) is 17.8. The molecular weight excluding hydrogens is 510 g/mol. The van der Waals surface area contributed by atoms with Gasteiger partial charge in [-0.1, -0.05) is 71.8 Å². The molecular formula is C29H28ClNO5S. The van der Waals surface area contributed by atoms with Crippen molar-refractivity contribution in [3.05, 3.63) is 106 Å². The molecule has 0 saturated heterocycles. The molecule has 37 heavy (non-hydrogen) atoms. The highest BCUT2D eigenvalue weighted by Gasteiger charge is 2.39. The fourth-order valence-electron chi connectivity index (χ4n) is 4.95. The Bertz CT molecular complexity index is 1540. The second-order valence-corrected chi connectivity index (χ2v) is 11.4. The zero-order valence-corrected chi connectivity index (χ0v) is 22.1. The number of methoxy groups -OCH3 is 1. The molecule has 0 amide bonds. The molecule has 1 aliphatic heterocycles. The Balaban J connectivity index is 1.75. The number of aromatic nitrogens is 1. The van der Waals surface area contributed by atoms with Gasteiger partial charge in [-0.2, -0.15) is 0 Å². The third-order valence-corrected chi connectivity index (χ3v) is 8.70. The lowest BCUT2D eigenvalue weighted by atomic mass is 9.85. The van der Waals surface area contributed by atoms with Gasteiger partial charge in [0.25, 0.3) is 10.0 Å². The zero-order valence-electron chi connectivity index (χ0n) is 20.5. The Morgan fingerprint density at radius 2 is 1.86 bits per heavy atom. The fourth-order valence-corrected chi connectivity index (χ4v) is 6.68. The predicted molar refractivity (Wildman–Crippen MR) is 145 cm³/mol. The van der Waals surface area contributed by atoms with Crippen LogP contribution in [0.2, 0.25) is 5.02 Å². The standard InChI is InChI=1S/C29H28ClNO5S/c1-19-8-12-22(13-9-19)37(33,34)31-25-15-11-21(30)16-24(25)28-23(14-10-20-6-4-3-5-7-20)29(27(32)18-35-2)36-17-26(28)31/h3-16,23,27,29,32H,17-18H2,1-2H3/b14-10+/t23-,27+,29-/m0/s1. The fraction of sp³-hybridized carbons (Fsp3) is 0.241. The van der Waals surface area contributed by atoms with Crippen LogP contribution in [0.15, 0.2) is 83.8 Å². The summed E-state index contributed by atoms with van der Waals surface area (Å²) in [5, 5.41) is 12.1. The average molecular weight is 538 g/mol. The molecule has 4 aromatic rings. The van der Waals surface area contributed by atoms with Gasteiger partial charge < -0.3 is 14.6 Å². The van der Waals surface area contributed by atoms with Gasteiger partial charge in [0, 0.05) is 23.4 Å². The van der Waals surface area contributed by atoms with Gasteiger partial charge in [0.1, 0.15) is 6.10 Å². The van der Waals surface area contributed by atoms with Crippen molar-refractivity contribution in [3.8, 4) is 0 Å². The number of hydrogen-bond donors (Lipinski definition) is 1. The highest BCUT2D eigenvalue weighted by molar-refractivity contribution is 7.90. The second kappa shape index (κ2) is 10.4. The summed E-state index contributed by atoms with van der Waals surface area (Å²) in [7, 11) is -2.43. The van der Waals surface area contributed by atoms with E-state index < -0.39 is 28.1 Å². The van der Waals surface area contributed by atoms with Gasteiger partial charge in [-0.05, 0) is 48.4 Å². The molecule has 0 spiro atoms. The van der Waals surface area contributed by atoms with Crippen molar-refractivity contribution >= 4 is 38.6 Å². The molecule has 0 unspecified atom stereocenters. The maximum absolute atomic E-state index is 14.0. The summed E-state index contributed by atoms with van der Waals surface area (Å²) in [5.74, 6) is -0.454. The maximum Gasteiger partial charge on any atom is 0.268 e. The number of nitrogens with zero attached hydrogens (tertiary/aromatic N) is 1. The SMILES string of the molecule is COC[C@@H](O)[C@H]1OCc2c(c3cc(Cl)ccc3n2S(=O)(=O)c2ccc(C)cc2)[C@@H]1/C=C/c1ccccc1. The van der Waals surface area contributed by atoms with Crippen molar-refractivity contribution in [1.82, 2.24) is 3.97 Å². The Hall–Kier alpha value is -2.94. The van der Waals surface area contributed by atoms with Gasteiger partial charge in [-0.3, -0.25) is 0 Å². The number of fused-ring (bicyclic) bond motifs is 3. The van der Waals surface area contributed by atoms with E-state index in [-0.39, 0.29) is 18.1 Å². The number of benzene rings is 3. The molecule has 0 radical (unpaired) electrons. The molecule has 2 heterocycles. The van der Waals surface area contributed by atoms with Crippen LogP contribution >= 0.6 is 11.6 Å². The van der Waals surface area contributed by atoms with Gasteiger partial charge in [0.15, 0.2) is 0 Å². The summed E-state index contributed by atoms with van der Waals surface area (Å²) in [6, 6.07) is 21.8. The topological polar surface area (TPSA) is 77.8 Å². The number of aliphatic hydroxyl groups is 1. The van der Waals surface area contributed by atoms with Gasteiger partial charge in [-0.25, -0.2) is 12.4 Å². The summed E-state index contributed by atoms with van der Waals surface area (Å²) >= 11 is 6.41.